The molecule has 3 aromatic rings. The van der Waals surface area contributed by atoms with E-state index in [2.05, 4.69) is 9.97 Å². The molecule has 0 saturated carbocycles. The Labute approximate surface area is 192 Å². The Morgan fingerprint density at radius 1 is 1.09 bits per heavy atom. The molecule has 0 radical (unpaired) electrons. The summed E-state index contributed by atoms with van der Waals surface area (Å²) in [4.78, 5) is 38.3. The number of fused-ring (bicyclic) bond motifs is 1. The average Bonchev–Trinajstić information content (AvgIpc) is 2.80. The summed E-state index contributed by atoms with van der Waals surface area (Å²) in [5.74, 6) is 0.489. The SMILES string of the molecule is CCc1ncc(C(=O)N2c3ccccc3[C@H](N(C(C)=O)c3ccc(Cl)cc3)C[C@@H]2C)cn1. The van der Waals surface area contributed by atoms with Crippen molar-refractivity contribution in [3.8, 4) is 0 Å². The van der Waals surface area contributed by atoms with Crippen molar-refractivity contribution in [1.29, 1.82) is 0 Å². The van der Waals surface area contributed by atoms with Crippen LogP contribution in [0.3, 0.4) is 0 Å². The lowest BCUT2D eigenvalue weighted by atomic mass is 9.89. The van der Waals surface area contributed by atoms with Gasteiger partial charge in [-0.2, -0.15) is 0 Å². The van der Waals surface area contributed by atoms with Gasteiger partial charge < -0.3 is 9.80 Å². The molecule has 0 aliphatic carbocycles. The molecule has 0 spiro atoms. The van der Waals surface area contributed by atoms with E-state index in [0.29, 0.717) is 29.3 Å². The first-order valence-electron chi connectivity index (χ1n) is 10.7. The molecule has 2 heterocycles. The smallest absolute Gasteiger partial charge is 0.261 e. The van der Waals surface area contributed by atoms with Crippen LogP contribution in [0.5, 0.6) is 0 Å². The predicted molar refractivity (Wildman–Crippen MR) is 126 cm³/mol. The van der Waals surface area contributed by atoms with Crippen LogP contribution in [-0.4, -0.2) is 27.8 Å². The highest BCUT2D eigenvalue weighted by atomic mass is 35.5. The van der Waals surface area contributed by atoms with Crippen LogP contribution in [0.25, 0.3) is 0 Å². The molecule has 164 valence electrons. The number of anilines is 2. The zero-order valence-electron chi connectivity index (χ0n) is 18.3. The summed E-state index contributed by atoms with van der Waals surface area (Å²) in [7, 11) is 0. The third kappa shape index (κ3) is 4.10. The molecule has 1 aromatic heterocycles. The van der Waals surface area contributed by atoms with E-state index in [1.807, 2.05) is 50.2 Å². The molecule has 1 aliphatic rings. The number of para-hydroxylation sites is 1. The number of amides is 2. The average molecular weight is 449 g/mol. The maximum atomic E-state index is 13.4. The molecule has 32 heavy (non-hydrogen) atoms. The normalized spacial score (nSPS) is 17.6. The van der Waals surface area contributed by atoms with Crippen LogP contribution in [0.4, 0.5) is 11.4 Å². The van der Waals surface area contributed by atoms with Crippen molar-refractivity contribution in [3.05, 3.63) is 82.9 Å². The minimum absolute atomic E-state index is 0.0670. The highest BCUT2D eigenvalue weighted by molar-refractivity contribution is 6.30. The van der Waals surface area contributed by atoms with E-state index < -0.39 is 0 Å². The standard InChI is InChI=1S/C25H25ClN4O2/c1-4-24-27-14-18(15-28-24)25(32)29-16(2)13-23(21-7-5-6-8-22(21)29)30(17(3)31)20-11-9-19(26)10-12-20/h5-12,14-16,23H,4,13H2,1-3H3/t16-,23+/m0/s1. The third-order valence-electron chi connectivity index (χ3n) is 5.80. The molecule has 2 atom stereocenters. The van der Waals surface area contributed by atoms with Crippen molar-refractivity contribution in [3.63, 3.8) is 0 Å². The summed E-state index contributed by atoms with van der Waals surface area (Å²) < 4.78 is 0. The van der Waals surface area contributed by atoms with E-state index >= 15 is 0 Å². The lowest BCUT2D eigenvalue weighted by molar-refractivity contribution is -0.117. The van der Waals surface area contributed by atoms with Gasteiger partial charge in [0.25, 0.3) is 5.91 Å². The van der Waals surface area contributed by atoms with Gasteiger partial charge >= 0.3 is 0 Å². The fraction of sp³-hybridized carbons (Fsp3) is 0.280. The highest BCUT2D eigenvalue weighted by Crippen LogP contribution is 2.42. The molecule has 4 rings (SSSR count). The Morgan fingerprint density at radius 2 is 1.75 bits per heavy atom. The van der Waals surface area contributed by atoms with Crippen molar-refractivity contribution in [1.82, 2.24) is 9.97 Å². The van der Waals surface area contributed by atoms with Gasteiger partial charge in [0.05, 0.1) is 11.6 Å². The number of nitrogens with zero attached hydrogens (tertiary/aromatic N) is 4. The molecule has 0 unspecified atom stereocenters. The molecule has 2 amide bonds. The predicted octanol–water partition coefficient (Wildman–Crippen LogP) is 5.23. The topological polar surface area (TPSA) is 66.4 Å². The van der Waals surface area contributed by atoms with Gasteiger partial charge in [-0.25, -0.2) is 9.97 Å². The summed E-state index contributed by atoms with van der Waals surface area (Å²) in [5, 5.41) is 0.614. The lowest BCUT2D eigenvalue weighted by Crippen LogP contribution is -2.47. The van der Waals surface area contributed by atoms with Crippen LogP contribution in [0.2, 0.25) is 5.02 Å². The number of hydrogen-bond acceptors (Lipinski definition) is 4. The van der Waals surface area contributed by atoms with E-state index in [0.717, 1.165) is 16.9 Å². The second-order valence-corrected chi connectivity index (χ2v) is 8.38. The van der Waals surface area contributed by atoms with Crippen molar-refractivity contribution >= 4 is 34.8 Å². The molecule has 0 fully saturated rings. The van der Waals surface area contributed by atoms with Crippen LogP contribution in [0, 0.1) is 0 Å². The number of rotatable bonds is 4. The van der Waals surface area contributed by atoms with E-state index in [1.165, 1.54) is 0 Å². The summed E-state index contributed by atoms with van der Waals surface area (Å²) in [5.41, 5.74) is 2.94. The van der Waals surface area contributed by atoms with Crippen LogP contribution < -0.4 is 9.80 Å². The maximum Gasteiger partial charge on any atom is 0.261 e. The van der Waals surface area contributed by atoms with Gasteiger partial charge in [0.1, 0.15) is 5.82 Å². The molecule has 0 bridgehead atoms. The van der Waals surface area contributed by atoms with E-state index in [4.69, 9.17) is 11.6 Å². The summed E-state index contributed by atoms with van der Waals surface area (Å²) >= 11 is 6.06. The van der Waals surface area contributed by atoms with Gasteiger partial charge in [-0.3, -0.25) is 9.59 Å². The maximum absolute atomic E-state index is 13.4. The van der Waals surface area contributed by atoms with Gasteiger partial charge in [-0.15, -0.1) is 0 Å². The zero-order chi connectivity index (χ0) is 22.8. The summed E-state index contributed by atoms with van der Waals surface area (Å²) in [6, 6.07) is 14.7. The van der Waals surface area contributed by atoms with Crippen molar-refractivity contribution in [2.24, 2.45) is 0 Å². The third-order valence-corrected chi connectivity index (χ3v) is 6.06. The Morgan fingerprint density at radius 3 is 2.38 bits per heavy atom. The van der Waals surface area contributed by atoms with Crippen molar-refractivity contribution in [2.45, 2.75) is 45.7 Å². The zero-order valence-corrected chi connectivity index (χ0v) is 19.1. The van der Waals surface area contributed by atoms with Crippen LogP contribution in [0.15, 0.2) is 60.9 Å². The first-order valence-corrected chi connectivity index (χ1v) is 11.1. The number of aromatic nitrogens is 2. The molecule has 0 N–H and O–H groups in total. The van der Waals surface area contributed by atoms with Crippen LogP contribution in [0.1, 0.15) is 55.0 Å². The minimum Gasteiger partial charge on any atom is -0.305 e. The quantitative estimate of drug-likeness (QED) is 0.548. The van der Waals surface area contributed by atoms with Crippen LogP contribution in [-0.2, 0) is 11.2 Å². The van der Waals surface area contributed by atoms with Crippen molar-refractivity contribution < 1.29 is 9.59 Å². The second-order valence-electron chi connectivity index (χ2n) is 7.94. The number of aryl methyl sites for hydroxylation is 1. The summed E-state index contributed by atoms with van der Waals surface area (Å²) in [6.45, 7) is 5.54. The Bertz CT molecular complexity index is 1130. The number of halogens is 1. The molecule has 0 saturated heterocycles. The van der Waals surface area contributed by atoms with Crippen molar-refractivity contribution in [2.75, 3.05) is 9.80 Å². The minimum atomic E-state index is -0.206. The number of hydrogen-bond donors (Lipinski definition) is 0. The lowest BCUT2D eigenvalue weighted by Gasteiger charge is -2.43. The first-order chi connectivity index (χ1) is 15.4. The molecular weight excluding hydrogens is 424 g/mol. The Hall–Kier alpha value is -3.25. The van der Waals surface area contributed by atoms with Gasteiger partial charge in [0.2, 0.25) is 5.91 Å². The van der Waals surface area contributed by atoms with E-state index in [1.54, 1.807) is 41.2 Å². The van der Waals surface area contributed by atoms with E-state index in [9.17, 15) is 9.59 Å². The first kappa shape index (κ1) is 22.0. The largest absolute Gasteiger partial charge is 0.305 e. The number of benzene rings is 2. The second kappa shape index (κ2) is 9.09. The highest BCUT2D eigenvalue weighted by Gasteiger charge is 2.38. The summed E-state index contributed by atoms with van der Waals surface area (Å²) in [6.07, 6.45) is 4.49. The monoisotopic (exact) mass is 448 g/mol. The van der Waals surface area contributed by atoms with Gasteiger partial charge in [-0.1, -0.05) is 36.7 Å². The number of carbonyl (C=O) groups is 2. The Balaban J connectivity index is 1.75. The van der Waals surface area contributed by atoms with Gasteiger partial charge in [-0.05, 0) is 49.2 Å². The van der Waals surface area contributed by atoms with E-state index in [-0.39, 0.29) is 23.9 Å². The van der Waals surface area contributed by atoms with Crippen LogP contribution >= 0.6 is 11.6 Å². The molecule has 6 nitrogen and oxygen atoms in total. The molecule has 7 heteroatoms. The Kier molecular flexibility index (Phi) is 6.24. The van der Waals surface area contributed by atoms with Gasteiger partial charge in [0.15, 0.2) is 0 Å². The fourth-order valence-electron chi connectivity index (χ4n) is 4.31. The van der Waals surface area contributed by atoms with Gasteiger partial charge in [0, 0.05) is 48.2 Å². The number of carbonyl (C=O) groups excluding carboxylic acids is 2. The molecular formula is C25H25ClN4O2. The molecule has 2 aromatic carbocycles. The molecule has 1 aliphatic heterocycles. The fourth-order valence-corrected chi connectivity index (χ4v) is 4.43.